The number of allylic oxidation sites excluding steroid dienone is 1. The highest BCUT2D eigenvalue weighted by Gasteiger charge is 2.58. The Balaban J connectivity index is 1.69. The third-order valence-corrected chi connectivity index (χ3v) is 7.91. The van der Waals surface area contributed by atoms with Crippen molar-refractivity contribution in [2.75, 3.05) is 0 Å². The Labute approximate surface area is 128 Å². The number of aliphatic hydroxyl groups is 1. The van der Waals surface area contributed by atoms with Crippen LogP contribution in [0.4, 0.5) is 0 Å². The van der Waals surface area contributed by atoms with Gasteiger partial charge in [-0.1, -0.05) is 19.4 Å². The van der Waals surface area contributed by atoms with Crippen molar-refractivity contribution in [1.29, 1.82) is 0 Å². The Morgan fingerprint density at radius 2 is 1.86 bits per heavy atom. The molecular formula is C19H28O2. The second kappa shape index (κ2) is 4.44. The monoisotopic (exact) mass is 288 g/mol. The van der Waals surface area contributed by atoms with Crippen molar-refractivity contribution in [2.24, 2.45) is 28.6 Å². The van der Waals surface area contributed by atoms with Crippen molar-refractivity contribution in [1.82, 2.24) is 0 Å². The molecule has 0 aliphatic heterocycles. The maximum atomic E-state index is 11.8. The standard InChI is InChI=1S/C19H28O2/c1-18-9-7-13(20)11-12(18)3-4-14-15-5-6-17(21)19(15,2)10-8-16(14)18/h11,14-17,21H,3-10H2,1-2H3/t14-,15+,16-,17-,18-,19-/m1/s1. The maximum Gasteiger partial charge on any atom is 0.155 e. The number of ketones is 1. The van der Waals surface area contributed by atoms with E-state index in [0.717, 1.165) is 37.5 Å². The second-order valence-corrected chi connectivity index (χ2v) is 8.61. The smallest absolute Gasteiger partial charge is 0.155 e. The molecule has 0 unspecified atom stereocenters. The van der Waals surface area contributed by atoms with Gasteiger partial charge in [-0.2, -0.15) is 0 Å². The molecule has 4 aliphatic rings. The van der Waals surface area contributed by atoms with E-state index in [2.05, 4.69) is 13.8 Å². The van der Waals surface area contributed by atoms with E-state index in [1.807, 2.05) is 6.08 Å². The number of carbonyl (C=O) groups excluding carboxylic acids is 1. The molecule has 0 radical (unpaired) electrons. The highest BCUT2D eigenvalue weighted by molar-refractivity contribution is 5.91. The molecule has 0 bridgehead atoms. The number of hydrogen-bond donors (Lipinski definition) is 1. The number of aliphatic hydroxyl groups excluding tert-OH is 1. The molecule has 2 heteroatoms. The predicted molar refractivity (Wildman–Crippen MR) is 82.7 cm³/mol. The Kier molecular flexibility index (Phi) is 2.96. The van der Waals surface area contributed by atoms with Gasteiger partial charge in [0.1, 0.15) is 0 Å². The van der Waals surface area contributed by atoms with Crippen molar-refractivity contribution in [2.45, 2.75) is 71.3 Å². The Bertz CT molecular complexity index is 508. The summed E-state index contributed by atoms with van der Waals surface area (Å²) in [5, 5.41) is 10.4. The van der Waals surface area contributed by atoms with Crippen LogP contribution in [0.5, 0.6) is 0 Å². The minimum absolute atomic E-state index is 0.0823. The minimum atomic E-state index is -0.0823. The highest BCUT2D eigenvalue weighted by atomic mass is 16.3. The molecule has 2 nitrogen and oxygen atoms in total. The van der Waals surface area contributed by atoms with Crippen LogP contribution in [0.15, 0.2) is 11.6 Å². The van der Waals surface area contributed by atoms with Crippen LogP contribution >= 0.6 is 0 Å². The zero-order chi connectivity index (χ0) is 14.8. The van der Waals surface area contributed by atoms with E-state index in [0.29, 0.717) is 11.7 Å². The molecule has 0 aromatic rings. The fourth-order valence-corrected chi connectivity index (χ4v) is 6.53. The fraction of sp³-hybridized carbons (Fsp3) is 0.842. The van der Waals surface area contributed by atoms with Crippen molar-refractivity contribution in [3.8, 4) is 0 Å². The van der Waals surface area contributed by atoms with Crippen LogP contribution in [-0.2, 0) is 4.79 Å². The highest BCUT2D eigenvalue weighted by Crippen LogP contribution is 2.65. The molecule has 0 amide bonds. The topological polar surface area (TPSA) is 37.3 Å². The molecule has 4 aliphatic carbocycles. The Hall–Kier alpha value is -0.630. The third kappa shape index (κ3) is 1.78. The summed E-state index contributed by atoms with van der Waals surface area (Å²) in [6.45, 7) is 4.76. The first-order valence-corrected chi connectivity index (χ1v) is 8.87. The summed E-state index contributed by atoms with van der Waals surface area (Å²) in [5.74, 6) is 2.57. The van der Waals surface area contributed by atoms with Crippen LogP contribution in [0.3, 0.4) is 0 Å². The van der Waals surface area contributed by atoms with Crippen molar-refractivity contribution >= 4 is 5.78 Å². The van der Waals surface area contributed by atoms with Gasteiger partial charge in [0, 0.05) is 6.42 Å². The van der Waals surface area contributed by atoms with Gasteiger partial charge < -0.3 is 5.11 Å². The molecule has 0 aromatic carbocycles. The summed E-state index contributed by atoms with van der Waals surface area (Å²) in [5.41, 5.74) is 1.89. The van der Waals surface area contributed by atoms with E-state index in [9.17, 15) is 9.90 Å². The second-order valence-electron chi connectivity index (χ2n) is 8.61. The molecule has 1 N–H and O–H groups in total. The number of carbonyl (C=O) groups is 1. The van der Waals surface area contributed by atoms with Crippen LogP contribution in [0.1, 0.15) is 65.2 Å². The number of hydrogen-bond acceptors (Lipinski definition) is 2. The van der Waals surface area contributed by atoms with Gasteiger partial charge in [0.2, 0.25) is 0 Å². The molecule has 0 heterocycles. The Morgan fingerprint density at radius 3 is 2.67 bits per heavy atom. The van der Waals surface area contributed by atoms with E-state index in [1.54, 1.807) is 0 Å². The molecule has 0 saturated heterocycles. The van der Waals surface area contributed by atoms with Crippen LogP contribution in [0, 0.1) is 28.6 Å². The minimum Gasteiger partial charge on any atom is -0.393 e. The fourth-order valence-electron chi connectivity index (χ4n) is 6.53. The molecule has 6 atom stereocenters. The maximum absolute atomic E-state index is 11.8. The van der Waals surface area contributed by atoms with E-state index in [-0.39, 0.29) is 16.9 Å². The zero-order valence-electron chi connectivity index (χ0n) is 13.4. The SMILES string of the molecule is C[C@@]12CC[C@@H]3[C@H](CCC4=CC(=O)CC[C@]43C)[C@@H]1CC[C@H]2O. The predicted octanol–water partition coefficient (Wildman–Crippen LogP) is 3.88. The van der Waals surface area contributed by atoms with Crippen LogP contribution < -0.4 is 0 Å². The van der Waals surface area contributed by atoms with Crippen molar-refractivity contribution < 1.29 is 9.90 Å². The van der Waals surface area contributed by atoms with Crippen LogP contribution in [0.2, 0.25) is 0 Å². The number of fused-ring (bicyclic) bond motifs is 5. The third-order valence-electron chi connectivity index (χ3n) is 7.91. The molecule has 4 rings (SSSR count). The van der Waals surface area contributed by atoms with E-state index >= 15 is 0 Å². The number of rotatable bonds is 0. The largest absolute Gasteiger partial charge is 0.393 e. The summed E-state index contributed by atoms with van der Waals surface area (Å²) in [4.78, 5) is 11.8. The van der Waals surface area contributed by atoms with E-state index in [1.165, 1.54) is 31.3 Å². The first kappa shape index (κ1) is 14.0. The molecule has 116 valence electrons. The Morgan fingerprint density at radius 1 is 1.05 bits per heavy atom. The van der Waals surface area contributed by atoms with Crippen LogP contribution in [-0.4, -0.2) is 17.0 Å². The average Bonchev–Trinajstić information content (AvgIpc) is 2.76. The van der Waals surface area contributed by atoms with Gasteiger partial charge >= 0.3 is 0 Å². The van der Waals surface area contributed by atoms with Gasteiger partial charge in [-0.3, -0.25) is 4.79 Å². The molecule has 3 fully saturated rings. The van der Waals surface area contributed by atoms with Gasteiger partial charge in [-0.15, -0.1) is 0 Å². The van der Waals surface area contributed by atoms with Crippen molar-refractivity contribution in [3.05, 3.63) is 11.6 Å². The van der Waals surface area contributed by atoms with Crippen molar-refractivity contribution in [3.63, 3.8) is 0 Å². The van der Waals surface area contributed by atoms with Gasteiger partial charge in [0.15, 0.2) is 5.78 Å². The summed E-state index contributed by atoms with van der Waals surface area (Å²) < 4.78 is 0. The summed E-state index contributed by atoms with van der Waals surface area (Å²) >= 11 is 0. The van der Waals surface area contributed by atoms with E-state index in [4.69, 9.17) is 0 Å². The summed E-state index contributed by atoms with van der Waals surface area (Å²) in [6, 6.07) is 0. The first-order chi connectivity index (χ1) is 9.95. The van der Waals surface area contributed by atoms with Crippen LogP contribution in [0.25, 0.3) is 0 Å². The lowest BCUT2D eigenvalue weighted by atomic mass is 9.47. The lowest BCUT2D eigenvalue weighted by Gasteiger charge is -2.57. The summed E-state index contributed by atoms with van der Waals surface area (Å²) in [7, 11) is 0. The van der Waals surface area contributed by atoms with E-state index < -0.39 is 0 Å². The molecular weight excluding hydrogens is 260 g/mol. The lowest BCUT2D eigenvalue weighted by molar-refractivity contribution is -0.118. The molecule has 21 heavy (non-hydrogen) atoms. The summed E-state index contributed by atoms with van der Waals surface area (Å²) in [6.07, 6.45) is 10.7. The average molecular weight is 288 g/mol. The van der Waals surface area contributed by atoms with Gasteiger partial charge in [0.05, 0.1) is 6.10 Å². The lowest BCUT2D eigenvalue weighted by Crippen LogP contribution is -2.51. The van der Waals surface area contributed by atoms with Gasteiger partial charge in [-0.05, 0) is 79.6 Å². The molecule has 3 saturated carbocycles. The zero-order valence-corrected chi connectivity index (χ0v) is 13.4. The normalized spacial score (nSPS) is 52.7. The molecule has 0 aromatic heterocycles. The molecule has 0 spiro atoms. The quantitative estimate of drug-likeness (QED) is 0.734. The van der Waals surface area contributed by atoms with Gasteiger partial charge in [-0.25, -0.2) is 0 Å². The first-order valence-electron chi connectivity index (χ1n) is 8.87. The van der Waals surface area contributed by atoms with Gasteiger partial charge in [0.25, 0.3) is 0 Å².